The summed E-state index contributed by atoms with van der Waals surface area (Å²) in [5.41, 5.74) is 5.40. The van der Waals surface area contributed by atoms with E-state index in [-0.39, 0.29) is 16.7 Å². The Kier molecular flexibility index (Phi) is 7.30. The molecule has 0 saturated heterocycles. The van der Waals surface area contributed by atoms with Crippen LogP contribution < -0.4 is 5.73 Å². The summed E-state index contributed by atoms with van der Waals surface area (Å²) in [6.45, 7) is 12.3. The van der Waals surface area contributed by atoms with Crippen LogP contribution in [0.2, 0.25) is 0 Å². The van der Waals surface area contributed by atoms with Crippen molar-refractivity contribution in [3.63, 3.8) is 0 Å². The molecule has 0 heterocycles. The fourth-order valence-corrected chi connectivity index (χ4v) is 9.46. The molecule has 0 radical (unpaired) electrons. The van der Waals surface area contributed by atoms with Crippen LogP contribution in [-0.4, -0.2) is 47.3 Å². The highest BCUT2D eigenvalue weighted by atomic mass is 16.6. The second-order valence-electron chi connectivity index (χ2n) is 12.6. The van der Waals surface area contributed by atoms with Crippen LogP contribution in [0.25, 0.3) is 0 Å². The fourth-order valence-electron chi connectivity index (χ4n) is 9.46. The Balaban J connectivity index is 1.49. The third-order valence-corrected chi connectivity index (χ3v) is 11.4. The number of ether oxygens (including phenoxy) is 1. The van der Waals surface area contributed by atoms with E-state index in [0.29, 0.717) is 23.7 Å². The molecule has 4 saturated carbocycles. The van der Waals surface area contributed by atoms with Gasteiger partial charge in [0.25, 0.3) is 0 Å². The number of nitrogens with two attached hydrogens (primary N) is 1. The lowest BCUT2D eigenvalue weighted by atomic mass is 9.43. The zero-order valence-corrected chi connectivity index (χ0v) is 22.0. The third-order valence-electron chi connectivity index (χ3n) is 11.4. The standard InChI is InChI=1S/C28H48N2O4/c1-5-30(6-2)17-7-13-28(34-25(29)33)16-15-26(3)19(18-28)8-9-20-21-10-11-23(24(31)32)27(21,4)14-12-22(20)26/h19-23H,5-18H2,1-4H3,(H2,29,33)(H,31,32)/t19?,20-,21-,22-,23?,26-,27-,28?/m0/s1. The van der Waals surface area contributed by atoms with Crippen molar-refractivity contribution in [2.75, 3.05) is 19.6 Å². The highest BCUT2D eigenvalue weighted by Gasteiger charge is 2.62. The molecule has 8 atom stereocenters. The molecule has 6 heteroatoms. The zero-order chi connectivity index (χ0) is 24.7. The van der Waals surface area contributed by atoms with Crippen LogP contribution in [0.3, 0.4) is 0 Å². The minimum Gasteiger partial charge on any atom is -0.481 e. The first-order valence-electron chi connectivity index (χ1n) is 14.0. The highest BCUT2D eigenvalue weighted by molar-refractivity contribution is 5.71. The first-order valence-corrected chi connectivity index (χ1v) is 14.0. The molecule has 0 spiro atoms. The minimum atomic E-state index is -0.626. The molecule has 6 nitrogen and oxygen atoms in total. The van der Waals surface area contributed by atoms with Crippen LogP contribution in [0.1, 0.15) is 98.3 Å². The lowest BCUT2D eigenvalue weighted by Gasteiger charge is -2.62. The van der Waals surface area contributed by atoms with Crippen molar-refractivity contribution in [2.24, 2.45) is 46.2 Å². The molecule has 3 N–H and O–H groups in total. The summed E-state index contributed by atoms with van der Waals surface area (Å²) in [5.74, 6) is 1.66. The molecule has 1 amide bonds. The summed E-state index contributed by atoms with van der Waals surface area (Å²) in [6.07, 6.45) is 10.7. The monoisotopic (exact) mass is 476 g/mol. The Hall–Kier alpha value is -1.30. The van der Waals surface area contributed by atoms with Crippen LogP contribution >= 0.6 is 0 Å². The van der Waals surface area contributed by atoms with Gasteiger partial charge in [0, 0.05) is 0 Å². The normalized spacial score (nSPS) is 43.6. The summed E-state index contributed by atoms with van der Waals surface area (Å²) in [4.78, 5) is 26.4. The van der Waals surface area contributed by atoms with E-state index in [1.54, 1.807) is 0 Å². The van der Waals surface area contributed by atoms with E-state index < -0.39 is 17.7 Å². The lowest BCUT2D eigenvalue weighted by molar-refractivity contribution is -0.162. The second-order valence-corrected chi connectivity index (χ2v) is 12.6. The summed E-state index contributed by atoms with van der Waals surface area (Å²) in [7, 11) is 0. The van der Waals surface area contributed by atoms with Crippen molar-refractivity contribution in [3.8, 4) is 0 Å². The van der Waals surface area contributed by atoms with Gasteiger partial charge in [-0.2, -0.15) is 0 Å². The number of fused-ring (bicyclic) bond motifs is 5. The van der Waals surface area contributed by atoms with Gasteiger partial charge >= 0.3 is 12.1 Å². The van der Waals surface area contributed by atoms with Gasteiger partial charge in [-0.25, -0.2) is 4.79 Å². The molecular formula is C28H48N2O4. The summed E-state index contributed by atoms with van der Waals surface area (Å²) in [5, 5.41) is 9.86. The number of aliphatic carboxylic acids is 1. The predicted octanol–water partition coefficient (Wildman–Crippen LogP) is 5.69. The van der Waals surface area contributed by atoms with E-state index in [9.17, 15) is 14.7 Å². The Labute approximate surface area is 206 Å². The zero-order valence-electron chi connectivity index (χ0n) is 22.0. The molecular weight excluding hydrogens is 428 g/mol. The Bertz CT molecular complexity index is 770. The largest absolute Gasteiger partial charge is 0.481 e. The number of carboxylic acids is 1. The minimum absolute atomic E-state index is 0.0336. The highest BCUT2D eigenvalue weighted by Crippen LogP contribution is 2.68. The van der Waals surface area contributed by atoms with Crippen molar-refractivity contribution in [2.45, 2.75) is 104 Å². The number of hydrogen-bond donors (Lipinski definition) is 2. The van der Waals surface area contributed by atoms with Gasteiger partial charge in [-0.1, -0.05) is 27.7 Å². The number of nitrogens with zero attached hydrogens (tertiary/aromatic N) is 1. The Morgan fingerprint density at radius 2 is 1.68 bits per heavy atom. The van der Waals surface area contributed by atoms with E-state index in [2.05, 4.69) is 32.6 Å². The molecule has 0 aromatic carbocycles. The van der Waals surface area contributed by atoms with Crippen LogP contribution in [0, 0.1) is 40.4 Å². The second kappa shape index (κ2) is 9.63. The van der Waals surface area contributed by atoms with Crippen LogP contribution in [0.15, 0.2) is 0 Å². The average Bonchev–Trinajstić information content (AvgIpc) is 3.14. The van der Waals surface area contributed by atoms with Crippen molar-refractivity contribution < 1.29 is 19.4 Å². The van der Waals surface area contributed by atoms with Gasteiger partial charge in [0.15, 0.2) is 0 Å². The Morgan fingerprint density at radius 3 is 2.32 bits per heavy atom. The van der Waals surface area contributed by atoms with Gasteiger partial charge < -0.3 is 20.5 Å². The molecule has 3 unspecified atom stereocenters. The number of amides is 1. The lowest BCUT2D eigenvalue weighted by Crippen LogP contribution is -2.57. The van der Waals surface area contributed by atoms with Crippen LogP contribution in [-0.2, 0) is 9.53 Å². The molecule has 4 fully saturated rings. The molecule has 0 bridgehead atoms. The quantitative estimate of drug-likeness (QED) is 0.470. The molecule has 4 aliphatic rings. The van der Waals surface area contributed by atoms with E-state index in [1.807, 2.05) is 0 Å². The SMILES string of the molecule is CCN(CC)CCCC1(OC(N)=O)CC[C@@]2(C)C(CC[C@@H]3[C@@H]2CC[C@]2(C)C(C(=O)O)CC[C@@H]32)C1. The summed E-state index contributed by atoms with van der Waals surface area (Å²) < 4.78 is 5.94. The smallest absolute Gasteiger partial charge is 0.405 e. The van der Waals surface area contributed by atoms with Gasteiger partial charge in [0.2, 0.25) is 0 Å². The van der Waals surface area contributed by atoms with E-state index in [4.69, 9.17) is 10.5 Å². The van der Waals surface area contributed by atoms with Crippen molar-refractivity contribution >= 4 is 12.1 Å². The first-order chi connectivity index (χ1) is 16.1. The van der Waals surface area contributed by atoms with Gasteiger partial charge in [-0.05, 0) is 125 Å². The molecule has 34 heavy (non-hydrogen) atoms. The average molecular weight is 477 g/mol. The summed E-state index contributed by atoms with van der Waals surface area (Å²) in [6, 6.07) is 0. The molecule has 194 valence electrons. The number of primary amides is 1. The van der Waals surface area contributed by atoms with Gasteiger partial charge in [0.05, 0.1) is 5.92 Å². The van der Waals surface area contributed by atoms with Crippen molar-refractivity contribution in [1.29, 1.82) is 0 Å². The van der Waals surface area contributed by atoms with E-state index in [1.165, 1.54) is 12.8 Å². The van der Waals surface area contributed by atoms with Gasteiger partial charge in [0.1, 0.15) is 5.60 Å². The molecule has 4 aliphatic carbocycles. The van der Waals surface area contributed by atoms with Crippen LogP contribution in [0.5, 0.6) is 0 Å². The maximum atomic E-state index is 12.0. The molecule has 0 aromatic rings. The van der Waals surface area contributed by atoms with Gasteiger partial charge in [-0.15, -0.1) is 0 Å². The van der Waals surface area contributed by atoms with Gasteiger partial charge in [-0.3, -0.25) is 4.79 Å². The summed E-state index contributed by atoms with van der Waals surface area (Å²) >= 11 is 0. The van der Waals surface area contributed by atoms with Crippen molar-refractivity contribution in [3.05, 3.63) is 0 Å². The maximum Gasteiger partial charge on any atom is 0.405 e. The molecule has 0 aliphatic heterocycles. The first kappa shape index (κ1) is 25.8. The number of hydrogen-bond acceptors (Lipinski definition) is 4. The van der Waals surface area contributed by atoms with E-state index >= 15 is 0 Å². The molecule has 4 rings (SSSR count). The fraction of sp³-hybridized carbons (Fsp3) is 0.929. The molecule has 0 aromatic heterocycles. The number of carbonyl (C=O) groups excluding carboxylic acids is 1. The van der Waals surface area contributed by atoms with Crippen molar-refractivity contribution in [1.82, 2.24) is 4.90 Å². The predicted molar refractivity (Wildman–Crippen MR) is 133 cm³/mol. The Morgan fingerprint density at radius 1 is 0.971 bits per heavy atom. The third kappa shape index (κ3) is 4.37. The number of carboxylic acid groups (broad SMARTS) is 1. The van der Waals surface area contributed by atoms with E-state index in [0.717, 1.165) is 77.4 Å². The van der Waals surface area contributed by atoms with Crippen LogP contribution in [0.4, 0.5) is 4.79 Å². The maximum absolute atomic E-state index is 12.0. The number of rotatable bonds is 8. The topological polar surface area (TPSA) is 92.9 Å². The number of carbonyl (C=O) groups is 2.